The van der Waals surface area contributed by atoms with Crippen molar-refractivity contribution in [3.05, 3.63) is 29.8 Å². The summed E-state index contributed by atoms with van der Waals surface area (Å²) in [6.45, 7) is 0.565. The Balaban J connectivity index is 2.78. The first-order valence-electron chi connectivity index (χ1n) is 11.4. The van der Waals surface area contributed by atoms with Gasteiger partial charge in [-0.3, -0.25) is 19.4 Å². The highest BCUT2D eigenvalue weighted by atomic mass is 16.4. The van der Waals surface area contributed by atoms with E-state index in [1.165, 1.54) is 31.2 Å². The van der Waals surface area contributed by atoms with E-state index in [-0.39, 0.29) is 31.1 Å². The zero-order valence-corrected chi connectivity index (χ0v) is 20.3. The number of nitrogens with zero attached hydrogens (tertiary/aromatic N) is 1. The minimum absolute atomic E-state index is 0.0191. The number of aliphatic carboxylic acids is 1. The van der Waals surface area contributed by atoms with Crippen LogP contribution >= 0.6 is 0 Å². The van der Waals surface area contributed by atoms with Crippen LogP contribution in [0.2, 0.25) is 0 Å². The minimum atomic E-state index is -1.58. The molecule has 0 bridgehead atoms. The summed E-state index contributed by atoms with van der Waals surface area (Å²) in [6.07, 6.45) is -0.988. The van der Waals surface area contributed by atoms with Crippen molar-refractivity contribution in [2.45, 2.75) is 56.5 Å². The Bertz CT molecular complexity index is 951. The fraction of sp³-hybridized carbons (Fsp3) is 0.500. The molecule has 13 N–H and O–H groups in total. The largest absolute Gasteiger partial charge is 0.508 e. The molecule has 0 aliphatic rings. The highest BCUT2D eigenvalue weighted by molar-refractivity contribution is 5.94. The Morgan fingerprint density at radius 3 is 2.08 bits per heavy atom. The zero-order valence-electron chi connectivity index (χ0n) is 20.3. The van der Waals surface area contributed by atoms with Crippen LogP contribution in [0.4, 0.5) is 0 Å². The van der Waals surface area contributed by atoms with Gasteiger partial charge in [0.25, 0.3) is 0 Å². The van der Waals surface area contributed by atoms with Crippen LogP contribution in [0.1, 0.15) is 25.3 Å². The van der Waals surface area contributed by atoms with Gasteiger partial charge in [-0.25, -0.2) is 4.79 Å². The topological polar surface area (TPSA) is 276 Å². The quantitative estimate of drug-likeness (QED) is 0.0602. The number of rotatable bonds is 15. The number of benzene rings is 1. The molecule has 3 amide bonds. The number of carbonyl (C=O) groups excluding carboxylic acids is 3. The Hall–Kier alpha value is -3.95. The predicted molar refractivity (Wildman–Crippen MR) is 132 cm³/mol. The van der Waals surface area contributed by atoms with E-state index in [1.807, 2.05) is 0 Å². The maximum absolute atomic E-state index is 12.7. The summed E-state index contributed by atoms with van der Waals surface area (Å²) in [7, 11) is 0. The number of nitrogens with two attached hydrogens (primary N) is 3. The Kier molecular flexibility index (Phi) is 12.8. The highest BCUT2D eigenvalue weighted by Gasteiger charge is 2.32. The average molecular weight is 526 g/mol. The molecule has 0 aliphatic heterocycles. The summed E-state index contributed by atoms with van der Waals surface area (Å²) in [4.78, 5) is 53.0. The number of phenols is 1. The second-order valence-corrected chi connectivity index (χ2v) is 8.30. The van der Waals surface area contributed by atoms with Crippen LogP contribution < -0.4 is 33.2 Å². The lowest BCUT2D eigenvalue weighted by atomic mass is 10.1. The number of nitrogens with one attached hydrogen (secondary N) is 3. The molecular formula is C22H35N7O8. The Morgan fingerprint density at radius 2 is 1.57 bits per heavy atom. The van der Waals surface area contributed by atoms with Crippen LogP contribution in [0.5, 0.6) is 5.75 Å². The number of carboxylic acids is 1. The van der Waals surface area contributed by atoms with E-state index in [9.17, 15) is 39.6 Å². The number of hydrogen-bond donors (Lipinski definition) is 10. The third-order valence-electron chi connectivity index (χ3n) is 5.17. The van der Waals surface area contributed by atoms with Crippen LogP contribution in [0.15, 0.2) is 29.3 Å². The first-order valence-corrected chi connectivity index (χ1v) is 11.4. The van der Waals surface area contributed by atoms with E-state index in [0.717, 1.165) is 0 Å². The maximum Gasteiger partial charge on any atom is 0.326 e. The molecule has 0 saturated heterocycles. The smallest absolute Gasteiger partial charge is 0.326 e. The highest BCUT2D eigenvalue weighted by Crippen LogP contribution is 2.11. The lowest BCUT2D eigenvalue weighted by Crippen LogP contribution is -2.60. The molecule has 5 unspecified atom stereocenters. The van der Waals surface area contributed by atoms with Gasteiger partial charge >= 0.3 is 5.97 Å². The Morgan fingerprint density at radius 1 is 0.973 bits per heavy atom. The van der Waals surface area contributed by atoms with Gasteiger partial charge in [-0.2, -0.15) is 0 Å². The molecule has 0 aliphatic carbocycles. The van der Waals surface area contributed by atoms with Crippen molar-refractivity contribution >= 4 is 29.7 Å². The van der Waals surface area contributed by atoms with Crippen molar-refractivity contribution in [1.29, 1.82) is 0 Å². The van der Waals surface area contributed by atoms with E-state index in [0.29, 0.717) is 12.0 Å². The third-order valence-corrected chi connectivity index (χ3v) is 5.17. The number of carbonyl (C=O) groups is 4. The zero-order chi connectivity index (χ0) is 28.1. The molecule has 0 heterocycles. The van der Waals surface area contributed by atoms with Crippen LogP contribution in [0, 0.1) is 0 Å². The van der Waals surface area contributed by atoms with E-state index in [2.05, 4.69) is 20.9 Å². The van der Waals surface area contributed by atoms with Crippen molar-refractivity contribution in [3.63, 3.8) is 0 Å². The molecular weight excluding hydrogens is 490 g/mol. The number of phenolic OH excluding ortho intramolecular Hbond substituents is 1. The number of carboxylic acid groups (broad SMARTS) is 1. The number of aliphatic imine (C=N–C) groups is 1. The molecule has 0 spiro atoms. The van der Waals surface area contributed by atoms with E-state index < -0.39 is 60.6 Å². The standard InChI is InChI=1S/C22H35N7O8/c1-11(31)17(29-18(33)14(23)3-2-8-26-22(24)25)20(35)28-16(10-30)19(34)27-15(21(36)37)9-12-4-6-13(32)7-5-12/h4-7,11,14-17,30-32H,2-3,8-10,23H2,1H3,(H,27,34)(H,28,35)(H,29,33)(H,36,37)(H4,24,25,26). The SMILES string of the molecule is CC(O)C(NC(=O)C(N)CCCN=C(N)N)C(=O)NC(CO)C(=O)NC(Cc1ccc(O)cc1)C(=O)O. The summed E-state index contributed by atoms with van der Waals surface area (Å²) in [5, 5.41) is 45.1. The molecule has 1 rings (SSSR count). The summed E-state index contributed by atoms with van der Waals surface area (Å²) < 4.78 is 0. The van der Waals surface area contributed by atoms with Crippen molar-refractivity contribution < 1.29 is 39.6 Å². The molecule has 1 aromatic carbocycles. The average Bonchev–Trinajstić information content (AvgIpc) is 2.83. The van der Waals surface area contributed by atoms with Crippen molar-refractivity contribution in [3.8, 4) is 5.75 Å². The van der Waals surface area contributed by atoms with Crippen LogP contribution in [-0.4, -0.2) is 93.5 Å². The third kappa shape index (κ3) is 11.1. The van der Waals surface area contributed by atoms with E-state index in [4.69, 9.17) is 17.2 Å². The van der Waals surface area contributed by atoms with Gasteiger partial charge in [0.05, 0.1) is 18.8 Å². The summed E-state index contributed by atoms with van der Waals surface area (Å²) >= 11 is 0. The van der Waals surface area contributed by atoms with Gasteiger partial charge in [-0.1, -0.05) is 12.1 Å². The lowest BCUT2D eigenvalue weighted by molar-refractivity contribution is -0.142. The first-order chi connectivity index (χ1) is 17.3. The van der Waals surface area contributed by atoms with Gasteiger partial charge in [0.15, 0.2) is 5.96 Å². The first kappa shape index (κ1) is 31.1. The summed E-state index contributed by atoms with van der Waals surface area (Å²) in [5.41, 5.74) is 16.7. The van der Waals surface area contributed by atoms with Gasteiger partial charge in [-0.05, 0) is 37.5 Å². The number of aliphatic hydroxyl groups is 2. The van der Waals surface area contributed by atoms with Crippen LogP contribution in [-0.2, 0) is 25.6 Å². The van der Waals surface area contributed by atoms with Crippen molar-refractivity contribution in [2.24, 2.45) is 22.2 Å². The molecule has 0 fully saturated rings. The predicted octanol–water partition coefficient (Wildman–Crippen LogP) is -3.77. The Labute approximate surface area is 213 Å². The van der Waals surface area contributed by atoms with Crippen molar-refractivity contribution in [1.82, 2.24) is 16.0 Å². The van der Waals surface area contributed by atoms with E-state index in [1.54, 1.807) is 0 Å². The number of aliphatic hydroxyl groups excluding tert-OH is 2. The summed E-state index contributed by atoms with van der Waals surface area (Å²) in [6, 6.07) is 0.101. The van der Waals surface area contributed by atoms with Gasteiger partial charge < -0.3 is 53.6 Å². The molecule has 37 heavy (non-hydrogen) atoms. The van der Waals surface area contributed by atoms with Gasteiger partial charge in [0.1, 0.15) is 23.9 Å². The second-order valence-electron chi connectivity index (χ2n) is 8.30. The molecule has 0 saturated carbocycles. The fourth-order valence-electron chi connectivity index (χ4n) is 3.11. The van der Waals surface area contributed by atoms with Crippen LogP contribution in [0.25, 0.3) is 0 Å². The number of guanidine groups is 1. The van der Waals surface area contributed by atoms with Gasteiger partial charge in [0.2, 0.25) is 17.7 Å². The van der Waals surface area contributed by atoms with Gasteiger partial charge in [0, 0.05) is 13.0 Å². The normalized spacial score (nSPS) is 14.8. The molecule has 5 atom stereocenters. The summed E-state index contributed by atoms with van der Waals surface area (Å²) in [5.74, 6) is -4.26. The number of aromatic hydroxyl groups is 1. The van der Waals surface area contributed by atoms with Crippen LogP contribution in [0.3, 0.4) is 0 Å². The molecule has 0 aromatic heterocycles. The number of hydrogen-bond acceptors (Lipinski definition) is 9. The molecule has 0 radical (unpaired) electrons. The molecule has 206 valence electrons. The van der Waals surface area contributed by atoms with Crippen molar-refractivity contribution in [2.75, 3.05) is 13.2 Å². The second kappa shape index (κ2) is 15.2. The number of amides is 3. The monoisotopic (exact) mass is 525 g/mol. The maximum atomic E-state index is 12.7. The minimum Gasteiger partial charge on any atom is -0.508 e. The lowest BCUT2D eigenvalue weighted by Gasteiger charge is -2.25. The molecule has 15 nitrogen and oxygen atoms in total. The fourth-order valence-corrected chi connectivity index (χ4v) is 3.11. The molecule has 1 aromatic rings. The van der Waals surface area contributed by atoms with Gasteiger partial charge in [-0.15, -0.1) is 0 Å². The molecule has 15 heteroatoms. The van der Waals surface area contributed by atoms with E-state index >= 15 is 0 Å².